The Morgan fingerprint density at radius 1 is 1.44 bits per heavy atom. The molecule has 1 aliphatic heterocycles. The van der Waals surface area contributed by atoms with Gasteiger partial charge in [0.25, 0.3) is 0 Å². The van der Waals surface area contributed by atoms with Crippen molar-refractivity contribution >= 4 is 11.5 Å². The van der Waals surface area contributed by atoms with E-state index in [-0.39, 0.29) is 0 Å². The fraction of sp³-hybridized carbons (Fsp3) is 0.462. The summed E-state index contributed by atoms with van der Waals surface area (Å²) in [5.41, 5.74) is 2.16. The van der Waals surface area contributed by atoms with Gasteiger partial charge in [-0.2, -0.15) is 0 Å². The molecule has 0 aliphatic carbocycles. The number of para-hydroxylation sites is 1. The third-order valence-electron chi connectivity index (χ3n) is 2.88. The minimum absolute atomic E-state index is 0.305. The summed E-state index contributed by atoms with van der Waals surface area (Å²) < 4.78 is 5.61. The lowest BCUT2D eigenvalue weighted by atomic mass is 10.1. The second kappa shape index (κ2) is 4.56. The van der Waals surface area contributed by atoms with Gasteiger partial charge in [0.05, 0.1) is 12.3 Å². The molecule has 0 fully saturated rings. The second-order valence-corrected chi connectivity index (χ2v) is 4.08. The molecule has 0 saturated carbocycles. The fourth-order valence-corrected chi connectivity index (χ4v) is 2.12. The van der Waals surface area contributed by atoms with E-state index < -0.39 is 0 Å². The van der Waals surface area contributed by atoms with Crippen molar-refractivity contribution in [1.29, 1.82) is 0 Å². The van der Waals surface area contributed by atoms with E-state index in [1.54, 1.807) is 0 Å². The third kappa shape index (κ3) is 2.03. The Balaban J connectivity index is 2.45. The Morgan fingerprint density at radius 3 is 3.00 bits per heavy atom. The normalized spacial score (nSPS) is 15.6. The second-order valence-electron chi connectivity index (χ2n) is 4.08. The standard InChI is InChI=1S/C13H17NO2/c1-3-16-12-6-4-5-10-9-11(15)7-8-14(2)13(10)12/h4-6H,3,7-9H2,1-2H3. The molecule has 16 heavy (non-hydrogen) atoms. The van der Waals surface area contributed by atoms with Gasteiger partial charge in [-0.05, 0) is 18.6 Å². The first-order chi connectivity index (χ1) is 7.72. The van der Waals surface area contributed by atoms with Crippen LogP contribution in [0.1, 0.15) is 18.9 Å². The number of Topliss-reactive ketones (excluding diaryl/α,β-unsaturated/α-hetero) is 1. The number of fused-ring (bicyclic) bond motifs is 1. The van der Waals surface area contributed by atoms with Crippen LogP contribution in [0.2, 0.25) is 0 Å². The number of ketones is 1. The topological polar surface area (TPSA) is 29.5 Å². The monoisotopic (exact) mass is 219 g/mol. The van der Waals surface area contributed by atoms with Gasteiger partial charge in [-0.25, -0.2) is 0 Å². The minimum Gasteiger partial charge on any atom is -0.492 e. The van der Waals surface area contributed by atoms with Crippen molar-refractivity contribution in [3.63, 3.8) is 0 Å². The fourth-order valence-electron chi connectivity index (χ4n) is 2.12. The predicted octanol–water partition coefficient (Wildman–Crippen LogP) is 2.04. The third-order valence-corrected chi connectivity index (χ3v) is 2.88. The molecule has 1 aromatic carbocycles. The summed E-state index contributed by atoms with van der Waals surface area (Å²) in [6, 6.07) is 5.93. The van der Waals surface area contributed by atoms with Crippen molar-refractivity contribution in [2.45, 2.75) is 19.8 Å². The van der Waals surface area contributed by atoms with E-state index in [0.29, 0.717) is 25.2 Å². The zero-order valence-corrected chi connectivity index (χ0v) is 9.82. The van der Waals surface area contributed by atoms with Crippen molar-refractivity contribution in [2.24, 2.45) is 0 Å². The Labute approximate surface area is 96.0 Å². The van der Waals surface area contributed by atoms with Crippen molar-refractivity contribution in [1.82, 2.24) is 0 Å². The molecule has 2 rings (SSSR count). The number of rotatable bonds is 2. The first-order valence-electron chi connectivity index (χ1n) is 5.70. The molecule has 0 radical (unpaired) electrons. The number of ether oxygens (including phenoxy) is 1. The molecule has 0 aromatic heterocycles. The van der Waals surface area contributed by atoms with Gasteiger partial charge in [0, 0.05) is 26.4 Å². The molecule has 3 heteroatoms. The number of carbonyl (C=O) groups excluding carboxylic acids is 1. The maximum atomic E-state index is 11.6. The summed E-state index contributed by atoms with van der Waals surface area (Å²) in [6.45, 7) is 3.40. The largest absolute Gasteiger partial charge is 0.492 e. The van der Waals surface area contributed by atoms with Crippen LogP contribution in [0.4, 0.5) is 5.69 Å². The highest BCUT2D eigenvalue weighted by Gasteiger charge is 2.20. The van der Waals surface area contributed by atoms with E-state index in [9.17, 15) is 4.79 Å². The van der Waals surface area contributed by atoms with Crippen LogP contribution in [-0.4, -0.2) is 26.0 Å². The van der Waals surface area contributed by atoms with Gasteiger partial charge in [-0.1, -0.05) is 12.1 Å². The van der Waals surface area contributed by atoms with Gasteiger partial charge in [0.1, 0.15) is 11.5 Å². The molecule has 0 unspecified atom stereocenters. The van der Waals surface area contributed by atoms with Crippen LogP contribution >= 0.6 is 0 Å². The highest BCUT2D eigenvalue weighted by Crippen LogP contribution is 2.33. The van der Waals surface area contributed by atoms with Gasteiger partial charge in [0.2, 0.25) is 0 Å². The Bertz CT molecular complexity index is 401. The first-order valence-corrected chi connectivity index (χ1v) is 5.70. The van der Waals surface area contributed by atoms with Gasteiger partial charge >= 0.3 is 0 Å². The average Bonchev–Trinajstić information content (AvgIpc) is 2.40. The molecular weight excluding hydrogens is 202 g/mol. The smallest absolute Gasteiger partial charge is 0.142 e. The van der Waals surface area contributed by atoms with Crippen molar-refractivity contribution in [3.8, 4) is 5.75 Å². The van der Waals surface area contributed by atoms with Gasteiger partial charge in [-0.15, -0.1) is 0 Å². The van der Waals surface area contributed by atoms with Gasteiger partial charge in [-0.3, -0.25) is 4.79 Å². The van der Waals surface area contributed by atoms with Crippen molar-refractivity contribution < 1.29 is 9.53 Å². The van der Waals surface area contributed by atoms with Crippen LogP contribution < -0.4 is 9.64 Å². The highest BCUT2D eigenvalue weighted by molar-refractivity contribution is 5.85. The van der Waals surface area contributed by atoms with Crippen LogP contribution in [0.5, 0.6) is 5.75 Å². The molecule has 0 saturated heterocycles. The Kier molecular flexibility index (Phi) is 3.13. The van der Waals surface area contributed by atoms with E-state index in [1.807, 2.05) is 32.2 Å². The molecule has 1 aromatic rings. The number of carbonyl (C=O) groups is 1. The summed E-state index contributed by atoms with van der Waals surface area (Å²) in [5, 5.41) is 0. The minimum atomic E-state index is 0.305. The molecule has 0 spiro atoms. The van der Waals surface area contributed by atoms with Crippen LogP contribution in [0.25, 0.3) is 0 Å². The van der Waals surface area contributed by atoms with E-state index in [2.05, 4.69) is 4.90 Å². The lowest BCUT2D eigenvalue weighted by molar-refractivity contribution is -0.118. The zero-order chi connectivity index (χ0) is 11.5. The number of hydrogen-bond donors (Lipinski definition) is 0. The average molecular weight is 219 g/mol. The van der Waals surface area contributed by atoms with Crippen LogP contribution in [0, 0.1) is 0 Å². The molecule has 0 bridgehead atoms. The molecule has 3 nitrogen and oxygen atoms in total. The number of anilines is 1. The summed E-state index contributed by atoms with van der Waals surface area (Å²) in [6.07, 6.45) is 1.15. The number of nitrogens with zero attached hydrogens (tertiary/aromatic N) is 1. The van der Waals surface area contributed by atoms with E-state index in [4.69, 9.17) is 4.74 Å². The molecular formula is C13H17NO2. The van der Waals surface area contributed by atoms with Crippen LogP contribution in [0.15, 0.2) is 18.2 Å². The van der Waals surface area contributed by atoms with Gasteiger partial charge < -0.3 is 9.64 Å². The maximum absolute atomic E-state index is 11.6. The van der Waals surface area contributed by atoms with Crippen molar-refractivity contribution in [3.05, 3.63) is 23.8 Å². The summed E-state index contributed by atoms with van der Waals surface area (Å²) in [7, 11) is 2.01. The van der Waals surface area contributed by atoms with E-state index >= 15 is 0 Å². The SMILES string of the molecule is CCOc1cccc2c1N(C)CCC(=O)C2. The Hall–Kier alpha value is -1.51. The zero-order valence-electron chi connectivity index (χ0n) is 9.82. The number of benzene rings is 1. The molecule has 0 amide bonds. The summed E-state index contributed by atoms with van der Waals surface area (Å²) in [4.78, 5) is 13.7. The van der Waals surface area contributed by atoms with Crippen LogP contribution in [0.3, 0.4) is 0 Å². The van der Waals surface area contributed by atoms with Crippen molar-refractivity contribution in [2.75, 3.05) is 25.1 Å². The lowest BCUT2D eigenvalue weighted by Gasteiger charge is -2.22. The van der Waals surface area contributed by atoms with Gasteiger partial charge in [0.15, 0.2) is 0 Å². The molecule has 1 heterocycles. The first kappa shape index (κ1) is 11.0. The lowest BCUT2D eigenvalue weighted by Crippen LogP contribution is -2.19. The molecule has 86 valence electrons. The van der Waals surface area contributed by atoms with Crippen LogP contribution in [-0.2, 0) is 11.2 Å². The molecule has 0 atom stereocenters. The molecule has 1 aliphatic rings. The Morgan fingerprint density at radius 2 is 2.25 bits per heavy atom. The maximum Gasteiger partial charge on any atom is 0.142 e. The molecule has 0 N–H and O–H groups in total. The quantitative estimate of drug-likeness (QED) is 0.762. The van der Waals surface area contributed by atoms with E-state index in [0.717, 1.165) is 23.5 Å². The highest BCUT2D eigenvalue weighted by atomic mass is 16.5. The number of hydrogen-bond acceptors (Lipinski definition) is 3. The predicted molar refractivity (Wildman–Crippen MR) is 64.2 cm³/mol. The van der Waals surface area contributed by atoms with E-state index in [1.165, 1.54) is 0 Å². The summed E-state index contributed by atoms with van der Waals surface area (Å²) in [5.74, 6) is 1.19. The summed E-state index contributed by atoms with van der Waals surface area (Å²) >= 11 is 0.